The van der Waals surface area contributed by atoms with Crippen molar-refractivity contribution in [2.45, 2.75) is 31.8 Å². The molecule has 0 bridgehead atoms. The van der Waals surface area contributed by atoms with E-state index in [-0.39, 0.29) is 11.8 Å². The maximum absolute atomic E-state index is 12.0. The minimum atomic E-state index is 0.140. The Morgan fingerprint density at radius 3 is 2.41 bits per heavy atom. The van der Waals surface area contributed by atoms with Gasteiger partial charge in [0.15, 0.2) is 0 Å². The Morgan fingerprint density at radius 2 is 1.82 bits per heavy atom. The molecular weight excluding hydrogens is 214 g/mol. The standard InChI is InChI=1S/C14H19NO2/c1-17-13-9-7-11(8-10-13)14(16)15-12-5-3-2-4-6-12/h2-6,11,13H,7-10H2,1H3,(H,15,16). The van der Waals surface area contributed by atoms with Crippen molar-refractivity contribution in [2.24, 2.45) is 5.92 Å². The average molecular weight is 233 g/mol. The van der Waals surface area contributed by atoms with Gasteiger partial charge in [-0.25, -0.2) is 0 Å². The van der Waals surface area contributed by atoms with Crippen LogP contribution in [0.1, 0.15) is 25.7 Å². The smallest absolute Gasteiger partial charge is 0.227 e. The van der Waals surface area contributed by atoms with E-state index in [1.54, 1.807) is 7.11 Å². The first-order chi connectivity index (χ1) is 8.29. The third-order valence-corrected chi connectivity index (χ3v) is 3.42. The van der Waals surface area contributed by atoms with Crippen LogP contribution < -0.4 is 5.32 Å². The van der Waals surface area contributed by atoms with Gasteiger partial charge in [-0.05, 0) is 37.8 Å². The lowest BCUT2D eigenvalue weighted by atomic mass is 9.87. The number of rotatable bonds is 3. The van der Waals surface area contributed by atoms with Gasteiger partial charge in [-0.15, -0.1) is 0 Å². The van der Waals surface area contributed by atoms with Gasteiger partial charge in [-0.3, -0.25) is 4.79 Å². The van der Waals surface area contributed by atoms with E-state index in [0.29, 0.717) is 6.10 Å². The molecule has 1 aromatic rings. The molecule has 3 heteroatoms. The number of ether oxygens (including phenoxy) is 1. The van der Waals surface area contributed by atoms with Gasteiger partial charge < -0.3 is 10.1 Å². The maximum atomic E-state index is 12.0. The highest BCUT2D eigenvalue weighted by Gasteiger charge is 2.25. The van der Waals surface area contributed by atoms with Crippen LogP contribution >= 0.6 is 0 Å². The second kappa shape index (κ2) is 5.82. The molecule has 0 radical (unpaired) electrons. The molecule has 0 aliphatic heterocycles. The Kier molecular flexibility index (Phi) is 4.15. The molecule has 17 heavy (non-hydrogen) atoms. The summed E-state index contributed by atoms with van der Waals surface area (Å²) in [6, 6.07) is 9.63. The van der Waals surface area contributed by atoms with Crippen molar-refractivity contribution in [2.75, 3.05) is 12.4 Å². The molecule has 0 heterocycles. The Hall–Kier alpha value is -1.35. The number of hydrogen-bond donors (Lipinski definition) is 1. The zero-order chi connectivity index (χ0) is 12.1. The highest BCUT2D eigenvalue weighted by Crippen LogP contribution is 2.26. The molecule has 2 rings (SSSR count). The summed E-state index contributed by atoms with van der Waals surface area (Å²) in [5, 5.41) is 2.96. The molecule has 0 saturated heterocycles. The van der Waals surface area contributed by atoms with Gasteiger partial charge in [0, 0.05) is 18.7 Å². The Morgan fingerprint density at radius 1 is 1.18 bits per heavy atom. The van der Waals surface area contributed by atoms with Gasteiger partial charge >= 0.3 is 0 Å². The van der Waals surface area contributed by atoms with Gasteiger partial charge in [-0.2, -0.15) is 0 Å². The molecular formula is C14H19NO2. The van der Waals surface area contributed by atoms with Crippen LogP contribution in [0.4, 0.5) is 5.69 Å². The second-order valence-corrected chi connectivity index (χ2v) is 4.56. The highest BCUT2D eigenvalue weighted by atomic mass is 16.5. The molecule has 1 amide bonds. The molecule has 0 unspecified atom stereocenters. The van der Waals surface area contributed by atoms with Gasteiger partial charge in [0.25, 0.3) is 0 Å². The SMILES string of the molecule is COC1CCC(C(=O)Nc2ccccc2)CC1. The van der Waals surface area contributed by atoms with Crippen molar-refractivity contribution in [3.05, 3.63) is 30.3 Å². The van der Waals surface area contributed by atoms with Crippen molar-refractivity contribution in [1.82, 2.24) is 0 Å². The lowest BCUT2D eigenvalue weighted by molar-refractivity contribution is -0.121. The first-order valence-electron chi connectivity index (χ1n) is 6.18. The van der Waals surface area contributed by atoms with Crippen molar-refractivity contribution in [3.63, 3.8) is 0 Å². The molecule has 1 aliphatic carbocycles. The molecule has 1 saturated carbocycles. The first kappa shape index (κ1) is 12.1. The van der Waals surface area contributed by atoms with Crippen molar-refractivity contribution >= 4 is 11.6 Å². The van der Waals surface area contributed by atoms with E-state index < -0.39 is 0 Å². The minimum Gasteiger partial charge on any atom is -0.381 e. The molecule has 0 aromatic heterocycles. The van der Waals surface area contributed by atoms with Crippen LogP contribution in [-0.4, -0.2) is 19.1 Å². The summed E-state index contributed by atoms with van der Waals surface area (Å²) in [6.45, 7) is 0. The van der Waals surface area contributed by atoms with Gasteiger partial charge in [0.05, 0.1) is 6.10 Å². The molecule has 1 aromatic carbocycles. The highest BCUT2D eigenvalue weighted by molar-refractivity contribution is 5.92. The summed E-state index contributed by atoms with van der Waals surface area (Å²) >= 11 is 0. The zero-order valence-corrected chi connectivity index (χ0v) is 10.2. The summed E-state index contributed by atoms with van der Waals surface area (Å²) in [4.78, 5) is 12.0. The number of nitrogens with one attached hydrogen (secondary N) is 1. The summed E-state index contributed by atoms with van der Waals surface area (Å²) in [5.41, 5.74) is 0.881. The van der Waals surface area contributed by atoms with Gasteiger partial charge in [0.1, 0.15) is 0 Å². The second-order valence-electron chi connectivity index (χ2n) is 4.56. The monoisotopic (exact) mass is 233 g/mol. The number of benzene rings is 1. The van der Waals surface area contributed by atoms with Crippen molar-refractivity contribution in [1.29, 1.82) is 0 Å². The largest absolute Gasteiger partial charge is 0.381 e. The van der Waals surface area contributed by atoms with Crippen molar-refractivity contribution < 1.29 is 9.53 Å². The number of amides is 1. The van der Waals surface area contributed by atoms with E-state index in [1.807, 2.05) is 30.3 Å². The third kappa shape index (κ3) is 3.30. The van der Waals surface area contributed by atoms with E-state index in [1.165, 1.54) is 0 Å². The topological polar surface area (TPSA) is 38.3 Å². The molecule has 1 aliphatic rings. The van der Waals surface area contributed by atoms with Crippen LogP contribution in [-0.2, 0) is 9.53 Å². The Balaban J connectivity index is 1.85. The van der Waals surface area contributed by atoms with E-state index >= 15 is 0 Å². The molecule has 1 N–H and O–H groups in total. The number of carbonyl (C=O) groups is 1. The number of methoxy groups -OCH3 is 1. The number of para-hydroxylation sites is 1. The summed E-state index contributed by atoms with van der Waals surface area (Å²) in [7, 11) is 1.75. The summed E-state index contributed by atoms with van der Waals surface area (Å²) < 4.78 is 5.31. The number of carbonyl (C=O) groups excluding carboxylic acids is 1. The van der Waals surface area contributed by atoms with Crippen LogP contribution in [0.25, 0.3) is 0 Å². The summed E-state index contributed by atoms with van der Waals surface area (Å²) in [5.74, 6) is 0.285. The van der Waals surface area contributed by atoms with Crippen LogP contribution in [0.5, 0.6) is 0 Å². The quantitative estimate of drug-likeness (QED) is 0.871. The Bertz CT molecular complexity index is 356. The van der Waals surface area contributed by atoms with Crippen LogP contribution in [0.3, 0.4) is 0 Å². The number of anilines is 1. The minimum absolute atomic E-state index is 0.140. The van der Waals surface area contributed by atoms with E-state index in [2.05, 4.69) is 5.32 Å². The van der Waals surface area contributed by atoms with Crippen LogP contribution in [0.2, 0.25) is 0 Å². The fourth-order valence-electron chi connectivity index (χ4n) is 2.33. The fraction of sp³-hybridized carbons (Fsp3) is 0.500. The molecule has 0 atom stereocenters. The zero-order valence-electron chi connectivity index (χ0n) is 10.2. The third-order valence-electron chi connectivity index (χ3n) is 3.42. The summed E-state index contributed by atoms with van der Waals surface area (Å²) in [6.07, 6.45) is 4.18. The Labute approximate surface area is 102 Å². The maximum Gasteiger partial charge on any atom is 0.227 e. The molecule has 92 valence electrons. The van der Waals surface area contributed by atoms with Gasteiger partial charge in [0.2, 0.25) is 5.91 Å². The van der Waals surface area contributed by atoms with Crippen LogP contribution in [0, 0.1) is 5.92 Å². The predicted molar refractivity (Wildman–Crippen MR) is 67.8 cm³/mol. The van der Waals surface area contributed by atoms with Crippen molar-refractivity contribution in [3.8, 4) is 0 Å². The number of hydrogen-bond acceptors (Lipinski definition) is 2. The van der Waals surface area contributed by atoms with Crippen LogP contribution in [0.15, 0.2) is 30.3 Å². The molecule has 1 fully saturated rings. The normalized spacial score (nSPS) is 24.3. The first-order valence-corrected chi connectivity index (χ1v) is 6.18. The van der Waals surface area contributed by atoms with E-state index in [9.17, 15) is 4.79 Å². The fourth-order valence-corrected chi connectivity index (χ4v) is 2.33. The molecule has 3 nitrogen and oxygen atoms in total. The molecule has 0 spiro atoms. The average Bonchev–Trinajstić information content (AvgIpc) is 2.40. The van der Waals surface area contributed by atoms with E-state index in [0.717, 1.165) is 31.4 Å². The lowest BCUT2D eigenvalue weighted by Crippen LogP contribution is -2.29. The predicted octanol–water partition coefficient (Wildman–Crippen LogP) is 2.83. The lowest BCUT2D eigenvalue weighted by Gasteiger charge is -2.26. The van der Waals surface area contributed by atoms with Gasteiger partial charge in [-0.1, -0.05) is 18.2 Å². The van der Waals surface area contributed by atoms with E-state index in [4.69, 9.17) is 4.74 Å².